The minimum atomic E-state index is -0.745. The minimum absolute atomic E-state index is 0.0717. The molecule has 0 radical (unpaired) electrons. The Bertz CT molecular complexity index is 955. The van der Waals surface area contributed by atoms with Crippen molar-refractivity contribution in [3.63, 3.8) is 0 Å². The van der Waals surface area contributed by atoms with Crippen LogP contribution in [0.15, 0.2) is 27.8 Å². The number of likely N-dealkylation sites (N-methyl/N-ethyl adjacent to an activating group) is 1. The van der Waals surface area contributed by atoms with Gasteiger partial charge in [0, 0.05) is 18.6 Å². The maximum absolute atomic E-state index is 12.4. The Balaban J connectivity index is 2.23. The standard InChI is InChI=1S/C17H20Cl2N4O4/c1-3-4-7-23-15(20)14(16(25)21-17(23)26)22(2)13(24)9-27-12-6-5-10(18)8-11(12)19/h5-6,8H,3-4,7,9,20H2,1-2H3,(H,21,25,26). The Morgan fingerprint density at radius 1 is 1.33 bits per heavy atom. The number of hydrogen-bond donors (Lipinski definition) is 2. The van der Waals surface area contributed by atoms with E-state index in [0.29, 0.717) is 18.0 Å². The zero-order chi connectivity index (χ0) is 20.1. The van der Waals surface area contributed by atoms with E-state index in [9.17, 15) is 14.4 Å². The molecule has 2 rings (SSSR count). The molecule has 0 aliphatic heterocycles. The van der Waals surface area contributed by atoms with Crippen molar-refractivity contribution in [1.82, 2.24) is 9.55 Å². The third kappa shape index (κ3) is 4.84. The van der Waals surface area contributed by atoms with Crippen molar-refractivity contribution in [1.29, 1.82) is 0 Å². The molecule has 146 valence electrons. The first-order valence-electron chi connectivity index (χ1n) is 8.23. The second-order valence-electron chi connectivity index (χ2n) is 5.81. The maximum Gasteiger partial charge on any atom is 0.330 e. The van der Waals surface area contributed by atoms with Gasteiger partial charge in [-0.3, -0.25) is 19.1 Å². The quantitative estimate of drug-likeness (QED) is 0.721. The largest absolute Gasteiger partial charge is 0.482 e. The van der Waals surface area contributed by atoms with Crippen molar-refractivity contribution in [2.45, 2.75) is 26.3 Å². The van der Waals surface area contributed by atoms with Gasteiger partial charge in [0.1, 0.15) is 11.6 Å². The Labute approximate surface area is 165 Å². The molecule has 0 unspecified atom stereocenters. The lowest BCUT2D eigenvalue weighted by molar-refractivity contribution is -0.120. The number of nitrogens with zero attached hydrogens (tertiary/aromatic N) is 2. The molecule has 8 nitrogen and oxygen atoms in total. The predicted molar refractivity (Wildman–Crippen MR) is 106 cm³/mol. The molecule has 0 saturated heterocycles. The van der Waals surface area contributed by atoms with Crippen molar-refractivity contribution in [2.75, 3.05) is 24.3 Å². The second kappa shape index (κ2) is 8.96. The van der Waals surface area contributed by atoms with Gasteiger partial charge < -0.3 is 15.4 Å². The van der Waals surface area contributed by atoms with Gasteiger partial charge in [-0.2, -0.15) is 0 Å². The fourth-order valence-electron chi connectivity index (χ4n) is 2.39. The van der Waals surface area contributed by atoms with Crippen molar-refractivity contribution < 1.29 is 9.53 Å². The number of carbonyl (C=O) groups is 1. The molecule has 1 amide bonds. The molecule has 3 N–H and O–H groups in total. The number of aromatic nitrogens is 2. The summed E-state index contributed by atoms with van der Waals surface area (Å²) in [6, 6.07) is 4.59. The first-order chi connectivity index (χ1) is 12.8. The average Bonchev–Trinajstić information content (AvgIpc) is 2.60. The second-order valence-corrected chi connectivity index (χ2v) is 6.66. The van der Waals surface area contributed by atoms with Crippen LogP contribution in [-0.4, -0.2) is 29.1 Å². The Morgan fingerprint density at radius 2 is 2.04 bits per heavy atom. The van der Waals surface area contributed by atoms with Gasteiger partial charge in [-0.1, -0.05) is 36.5 Å². The highest BCUT2D eigenvalue weighted by Crippen LogP contribution is 2.27. The van der Waals surface area contributed by atoms with Gasteiger partial charge in [-0.25, -0.2) is 4.79 Å². The molecule has 10 heteroatoms. The molecule has 0 aliphatic rings. The summed E-state index contributed by atoms with van der Waals surface area (Å²) in [6.45, 7) is 1.91. The van der Waals surface area contributed by atoms with Gasteiger partial charge >= 0.3 is 5.69 Å². The van der Waals surface area contributed by atoms with E-state index in [-0.39, 0.29) is 28.9 Å². The lowest BCUT2D eigenvalue weighted by atomic mass is 10.3. The van der Waals surface area contributed by atoms with E-state index in [4.69, 9.17) is 33.7 Å². The van der Waals surface area contributed by atoms with E-state index < -0.39 is 17.2 Å². The molecular formula is C17H20Cl2N4O4. The molecule has 0 saturated carbocycles. The SMILES string of the molecule is CCCCn1c(N)c(N(C)C(=O)COc2ccc(Cl)cc2Cl)c(=O)[nH]c1=O. The van der Waals surface area contributed by atoms with E-state index in [2.05, 4.69) is 4.98 Å². The minimum Gasteiger partial charge on any atom is -0.482 e. The first-order valence-corrected chi connectivity index (χ1v) is 8.98. The highest BCUT2D eigenvalue weighted by Gasteiger charge is 2.21. The van der Waals surface area contributed by atoms with Crippen LogP contribution in [0.1, 0.15) is 19.8 Å². The van der Waals surface area contributed by atoms with E-state index in [1.54, 1.807) is 6.07 Å². The van der Waals surface area contributed by atoms with Crippen molar-refractivity contribution in [2.24, 2.45) is 0 Å². The van der Waals surface area contributed by atoms with Gasteiger partial charge in [0.15, 0.2) is 12.3 Å². The van der Waals surface area contributed by atoms with Crippen molar-refractivity contribution in [3.05, 3.63) is 49.1 Å². The molecule has 0 fully saturated rings. The monoisotopic (exact) mass is 414 g/mol. The summed E-state index contributed by atoms with van der Waals surface area (Å²) in [5, 5.41) is 0.688. The van der Waals surface area contributed by atoms with Crippen LogP contribution >= 0.6 is 23.2 Å². The Kier molecular flexibility index (Phi) is 6.92. The van der Waals surface area contributed by atoms with Gasteiger partial charge in [-0.15, -0.1) is 0 Å². The van der Waals surface area contributed by atoms with E-state index in [1.807, 2.05) is 6.92 Å². The molecule has 1 heterocycles. The van der Waals surface area contributed by atoms with E-state index in [0.717, 1.165) is 11.3 Å². The predicted octanol–water partition coefficient (Wildman–Crippen LogP) is 2.27. The molecule has 1 aromatic carbocycles. The van der Waals surface area contributed by atoms with Crippen LogP contribution in [0.4, 0.5) is 11.5 Å². The third-order valence-corrected chi connectivity index (χ3v) is 4.43. The van der Waals surface area contributed by atoms with Crippen LogP contribution in [0.3, 0.4) is 0 Å². The fourth-order valence-corrected chi connectivity index (χ4v) is 2.86. The number of H-pyrrole nitrogens is 1. The molecule has 1 aromatic heterocycles. The van der Waals surface area contributed by atoms with Gasteiger partial charge in [0.05, 0.1) is 5.02 Å². The summed E-state index contributed by atoms with van der Waals surface area (Å²) in [6.07, 6.45) is 1.54. The van der Waals surface area contributed by atoms with Crippen LogP contribution in [0, 0.1) is 0 Å². The average molecular weight is 415 g/mol. The smallest absolute Gasteiger partial charge is 0.330 e. The van der Waals surface area contributed by atoms with Crippen LogP contribution in [-0.2, 0) is 11.3 Å². The van der Waals surface area contributed by atoms with Gasteiger partial charge in [-0.05, 0) is 24.6 Å². The molecular weight excluding hydrogens is 395 g/mol. The number of aromatic amines is 1. The Morgan fingerprint density at radius 3 is 2.67 bits per heavy atom. The van der Waals surface area contributed by atoms with Gasteiger partial charge in [0.25, 0.3) is 11.5 Å². The Hall–Kier alpha value is -2.45. The number of nitrogen functional groups attached to an aromatic ring is 1. The zero-order valence-corrected chi connectivity index (χ0v) is 16.4. The topological polar surface area (TPSA) is 110 Å². The number of anilines is 2. The number of rotatable bonds is 7. The summed E-state index contributed by atoms with van der Waals surface area (Å²) < 4.78 is 6.63. The van der Waals surface area contributed by atoms with E-state index in [1.165, 1.54) is 23.7 Å². The summed E-state index contributed by atoms with van der Waals surface area (Å²) in [7, 11) is 1.38. The third-order valence-electron chi connectivity index (χ3n) is 3.90. The molecule has 2 aromatic rings. The molecule has 27 heavy (non-hydrogen) atoms. The zero-order valence-electron chi connectivity index (χ0n) is 14.9. The highest BCUT2D eigenvalue weighted by molar-refractivity contribution is 6.35. The number of nitrogens with one attached hydrogen (secondary N) is 1. The molecule has 0 atom stereocenters. The van der Waals surface area contributed by atoms with Crippen LogP contribution in [0.25, 0.3) is 0 Å². The number of ether oxygens (including phenoxy) is 1. The van der Waals surface area contributed by atoms with Crippen molar-refractivity contribution in [3.8, 4) is 5.75 Å². The van der Waals surface area contributed by atoms with Gasteiger partial charge in [0.2, 0.25) is 0 Å². The molecule has 0 bridgehead atoms. The lowest BCUT2D eigenvalue weighted by Gasteiger charge is -2.20. The fraction of sp³-hybridized carbons (Fsp3) is 0.353. The number of nitrogens with two attached hydrogens (primary N) is 1. The lowest BCUT2D eigenvalue weighted by Crippen LogP contribution is -2.40. The number of hydrogen-bond acceptors (Lipinski definition) is 5. The first kappa shape index (κ1) is 20.9. The van der Waals surface area contributed by atoms with Crippen molar-refractivity contribution >= 4 is 40.6 Å². The van der Waals surface area contributed by atoms with E-state index >= 15 is 0 Å². The maximum atomic E-state index is 12.4. The number of carbonyl (C=O) groups excluding carboxylic acids is 1. The highest BCUT2D eigenvalue weighted by atomic mass is 35.5. The summed E-state index contributed by atoms with van der Waals surface area (Å²) in [4.78, 5) is 39.8. The van der Waals surface area contributed by atoms with Crippen LogP contribution in [0.5, 0.6) is 5.75 Å². The number of benzene rings is 1. The summed E-state index contributed by atoms with van der Waals surface area (Å²) >= 11 is 11.8. The summed E-state index contributed by atoms with van der Waals surface area (Å²) in [5.41, 5.74) is 4.52. The number of halogens is 2. The molecule has 0 spiro atoms. The number of unbranched alkanes of at least 4 members (excludes halogenated alkanes) is 1. The summed E-state index contributed by atoms with van der Waals surface area (Å²) in [5.74, 6) is -0.339. The molecule has 0 aliphatic carbocycles. The van der Waals surface area contributed by atoms with Crippen LogP contribution in [0.2, 0.25) is 10.0 Å². The van der Waals surface area contributed by atoms with Crippen LogP contribution < -0.4 is 26.6 Å². The normalized spacial score (nSPS) is 10.7. The number of amides is 1.